The summed E-state index contributed by atoms with van der Waals surface area (Å²) in [5.41, 5.74) is 0.0886. The monoisotopic (exact) mass is 224 g/mol. The van der Waals surface area contributed by atoms with E-state index in [1.54, 1.807) is 12.3 Å². The van der Waals surface area contributed by atoms with Gasteiger partial charge in [0.2, 0.25) is 0 Å². The van der Waals surface area contributed by atoms with Crippen molar-refractivity contribution in [3.05, 3.63) is 24.2 Å². The van der Waals surface area contributed by atoms with E-state index in [-0.39, 0.29) is 17.5 Å². The first-order chi connectivity index (χ1) is 7.38. The zero-order valence-electron chi connectivity index (χ0n) is 10.3. The smallest absolute Gasteiger partial charge is 0.315 e. The summed E-state index contributed by atoms with van der Waals surface area (Å²) >= 11 is 0. The topological polar surface area (TPSA) is 54.3 Å². The van der Waals surface area contributed by atoms with Gasteiger partial charge in [-0.3, -0.25) is 0 Å². The zero-order valence-corrected chi connectivity index (χ0v) is 10.3. The van der Waals surface area contributed by atoms with E-state index < -0.39 is 0 Å². The van der Waals surface area contributed by atoms with Crippen LogP contribution in [0.3, 0.4) is 0 Å². The van der Waals surface area contributed by atoms with Crippen molar-refractivity contribution in [2.75, 3.05) is 6.54 Å². The molecule has 90 valence electrons. The maximum absolute atomic E-state index is 11.5. The second-order valence-electron chi connectivity index (χ2n) is 5.12. The Bertz CT molecular complexity index is 325. The van der Waals surface area contributed by atoms with Gasteiger partial charge < -0.3 is 15.1 Å². The molecule has 0 spiro atoms. The number of urea groups is 1. The minimum Gasteiger partial charge on any atom is -0.467 e. The molecule has 0 bridgehead atoms. The molecule has 0 aliphatic carbocycles. The van der Waals surface area contributed by atoms with Crippen molar-refractivity contribution in [1.82, 2.24) is 10.6 Å². The van der Waals surface area contributed by atoms with Crippen LogP contribution in [0.1, 0.15) is 39.5 Å². The van der Waals surface area contributed by atoms with Crippen LogP contribution in [0, 0.1) is 5.41 Å². The molecular weight excluding hydrogens is 204 g/mol. The van der Waals surface area contributed by atoms with E-state index in [2.05, 4.69) is 31.4 Å². The van der Waals surface area contributed by atoms with Crippen LogP contribution in [-0.2, 0) is 0 Å². The lowest BCUT2D eigenvalue weighted by Crippen LogP contribution is -2.40. The summed E-state index contributed by atoms with van der Waals surface area (Å²) < 4.78 is 5.20. The summed E-state index contributed by atoms with van der Waals surface area (Å²) in [4.78, 5) is 11.5. The molecular formula is C12H20N2O2. The molecule has 0 radical (unpaired) electrons. The summed E-state index contributed by atoms with van der Waals surface area (Å²) in [6, 6.07) is 3.36. The highest BCUT2D eigenvalue weighted by Gasteiger charge is 2.14. The number of amides is 2. The Morgan fingerprint density at radius 1 is 1.50 bits per heavy atom. The number of furan rings is 1. The Morgan fingerprint density at radius 2 is 2.19 bits per heavy atom. The van der Waals surface area contributed by atoms with Crippen molar-refractivity contribution >= 4 is 6.03 Å². The lowest BCUT2D eigenvalue weighted by molar-refractivity contribution is 0.231. The van der Waals surface area contributed by atoms with Gasteiger partial charge in [-0.05, 0) is 24.5 Å². The molecule has 2 amide bonds. The van der Waals surface area contributed by atoms with Crippen LogP contribution in [0.15, 0.2) is 22.8 Å². The SMILES string of the molecule is CC(NC(=O)NCC(C)(C)C)c1ccco1. The lowest BCUT2D eigenvalue weighted by atomic mass is 9.97. The first-order valence-corrected chi connectivity index (χ1v) is 5.46. The Hall–Kier alpha value is -1.45. The molecule has 1 rings (SSSR count). The third-order valence-corrected chi connectivity index (χ3v) is 2.10. The minimum absolute atomic E-state index is 0.0886. The van der Waals surface area contributed by atoms with Gasteiger partial charge in [0.05, 0.1) is 12.3 Å². The van der Waals surface area contributed by atoms with Crippen molar-refractivity contribution in [2.45, 2.75) is 33.7 Å². The lowest BCUT2D eigenvalue weighted by Gasteiger charge is -2.20. The maximum atomic E-state index is 11.5. The molecule has 1 aromatic rings. The minimum atomic E-state index is -0.168. The third-order valence-electron chi connectivity index (χ3n) is 2.10. The fraction of sp³-hybridized carbons (Fsp3) is 0.583. The largest absolute Gasteiger partial charge is 0.467 e. The fourth-order valence-electron chi connectivity index (χ4n) is 1.20. The van der Waals surface area contributed by atoms with Gasteiger partial charge in [-0.1, -0.05) is 20.8 Å². The Balaban J connectivity index is 2.35. The van der Waals surface area contributed by atoms with Crippen molar-refractivity contribution in [3.8, 4) is 0 Å². The van der Waals surface area contributed by atoms with Gasteiger partial charge in [0.25, 0.3) is 0 Å². The summed E-state index contributed by atoms with van der Waals surface area (Å²) in [5, 5.41) is 5.63. The van der Waals surface area contributed by atoms with Crippen molar-refractivity contribution in [3.63, 3.8) is 0 Å². The molecule has 4 heteroatoms. The Morgan fingerprint density at radius 3 is 2.69 bits per heavy atom. The molecule has 0 aliphatic rings. The molecule has 1 unspecified atom stereocenters. The molecule has 16 heavy (non-hydrogen) atoms. The van der Waals surface area contributed by atoms with E-state index in [1.165, 1.54) is 0 Å². The highest BCUT2D eigenvalue weighted by atomic mass is 16.3. The summed E-state index contributed by atoms with van der Waals surface area (Å²) in [7, 11) is 0. The summed E-state index contributed by atoms with van der Waals surface area (Å²) in [6.07, 6.45) is 1.60. The number of nitrogens with one attached hydrogen (secondary N) is 2. The van der Waals surface area contributed by atoms with Crippen molar-refractivity contribution in [1.29, 1.82) is 0 Å². The second-order valence-corrected chi connectivity index (χ2v) is 5.12. The predicted octanol–water partition coefficient (Wildman–Crippen LogP) is 2.69. The highest BCUT2D eigenvalue weighted by Crippen LogP contribution is 2.12. The Kier molecular flexibility index (Phi) is 3.99. The van der Waals surface area contributed by atoms with Gasteiger partial charge in [0, 0.05) is 6.54 Å². The molecule has 1 heterocycles. The number of hydrogen-bond donors (Lipinski definition) is 2. The molecule has 1 atom stereocenters. The van der Waals surface area contributed by atoms with Crippen LogP contribution in [0.2, 0.25) is 0 Å². The van der Waals surface area contributed by atoms with Crippen LogP contribution in [-0.4, -0.2) is 12.6 Å². The van der Waals surface area contributed by atoms with E-state index >= 15 is 0 Å². The number of carbonyl (C=O) groups excluding carboxylic acids is 1. The van der Waals surface area contributed by atoms with Crippen LogP contribution < -0.4 is 10.6 Å². The van der Waals surface area contributed by atoms with Gasteiger partial charge in [0.15, 0.2) is 0 Å². The van der Waals surface area contributed by atoms with Crippen LogP contribution in [0.5, 0.6) is 0 Å². The molecule has 0 aliphatic heterocycles. The van der Waals surface area contributed by atoms with Crippen LogP contribution in [0.25, 0.3) is 0 Å². The molecule has 0 aromatic carbocycles. The molecule has 2 N–H and O–H groups in total. The van der Waals surface area contributed by atoms with Gasteiger partial charge in [0.1, 0.15) is 5.76 Å². The second kappa shape index (κ2) is 5.05. The maximum Gasteiger partial charge on any atom is 0.315 e. The number of carbonyl (C=O) groups is 1. The fourth-order valence-corrected chi connectivity index (χ4v) is 1.20. The first kappa shape index (κ1) is 12.6. The van der Waals surface area contributed by atoms with Gasteiger partial charge in [-0.2, -0.15) is 0 Å². The standard InChI is InChI=1S/C12H20N2O2/c1-9(10-6-5-7-16-10)14-11(15)13-8-12(2,3)4/h5-7,9H,8H2,1-4H3,(H2,13,14,15). The molecule has 0 fully saturated rings. The normalized spacial score (nSPS) is 13.2. The molecule has 0 saturated heterocycles. The quantitative estimate of drug-likeness (QED) is 0.829. The van der Waals surface area contributed by atoms with E-state index in [1.807, 2.05) is 13.0 Å². The molecule has 0 saturated carbocycles. The molecule has 4 nitrogen and oxygen atoms in total. The first-order valence-electron chi connectivity index (χ1n) is 5.46. The average molecular weight is 224 g/mol. The Labute approximate surface area is 96.4 Å². The van der Waals surface area contributed by atoms with Gasteiger partial charge in [-0.25, -0.2) is 4.79 Å². The highest BCUT2D eigenvalue weighted by molar-refractivity contribution is 5.74. The van der Waals surface area contributed by atoms with E-state index in [9.17, 15) is 4.79 Å². The third kappa shape index (κ3) is 4.38. The number of rotatable bonds is 3. The zero-order chi connectivity index (χ0) is 12.2. The predicted molar refractivity (Wildman–Crippen MR) is 63.1 cm³/mol. The van der Waals surface area contributed by atoms with Gasteiger partial charge in [-0.15, -0.1) is 0 Å². The number of hydrogen-bond acceptors (Lipinski definition) is 2. The molecule has 1 aromatic heterocycles. The van der Waals surface area contributed by atoms with E-state index in [0.717, 1.165) is 5.76 Å². The van der Waals surface area contributed by atoms with E-state index in [4.69, 9.17) is 4.42 Å². The van der Waals surface area contributed by atoms with Gasteiger partial charge >= 0.3 is 6.03 Å². The summed E-state index contributed by atoms with van der Waals surface area (Å²) in [5.74, 6) is 0.755. The van der Waals surface area contributed by atoms with Crippen molar-refractivity contribution < 1.29 is 9.21 Å². The average Bonchev–Trinajstić information content (AvgIpc) is 2.66. The summed E-state index contributed by atoms with van der Waals surface area (Å²) in [6.45, 7) is 8.74. The van der Waals surface area contributed by atoms with Crippen LogP contribution >= 0.6 is 0 Å². The van der Waals surface area contributed by atoms with Crippen LogP contribution in [0.4, 0.5) is 4.79 Å². The van der Waals surface area contributed by atoms with Crippen molar-refractivity contribution in [2.24, 2.45) is 5.41 Å². The van der Waals surface area contributed by atoms with E-state index in [0.29, 0.717) is 6.54 Å².